The maximum atomic E-state index is 11.8. The molecule has 1 aliphatic heterocycles. The van der Waals surface area contributed by atoms with Gasteiger partial charge in [-0.2, -0.15) is 0 Å². The minimum atomic E-state index is -0.142. The largest absolute Gasteiger partial charge is 0.293 e. The molecule has 1 heterocycles. The van der Waals surface area contributed by atoms with Gasteiger partial charge in [0.1, 0.15) is 0 Å². The Morgan fingerprint density at radius 2 is 2.21 bits per heavy atom. The highest BCUT2D eigenvalue weighted by molar-refractivity contribution is 14.1. The molecule has 0 aliphatic carbocycles. The van der Waals surface area contributed by atoms with Crippen LogP contribution in [-0.4, -0.2) is 12.0 Å². The van der Waals surface area contributed by atoms with Crippen molar-refractivity contribution in [3.05, 3.63) is 26.3 Å². The number of carbonyl (C=O) groups is 1. The molecule has 0 spiro atoms. The molecule has 1 aliphatic rings. The van der Waals surface area contributed by atoms with Crippen LogP contribution in [-0.2, 0) is 0 Å². The maximum absolute atomic E-state index is 11.8. The molecule has 0 fully saturated rings. The smallest absolute Gasteiger partial charge is 0.173 e. The van der Waals surface area contributed by atoms with Crippen molar-refractivity contribution in [2.75, 3.05) is 0 Å². The van der Waals surface area contributed by atoms with Crippen molar-refractivity contribution in [2.24, 2.45) is 10.9 Å². The Hall–Kier alpha value is -0.420. The molecule has 72 valence electrons. The molecule has 0 amide bonds. The first-order valence-electron chi connectivity index (χ1n) is 4.17. The van der Waals surface area contributed by atoms with Gasteiger partial charge in [-0.25, -0.2) is 0 Å². The van der Waals surface area contributed by atoms with Gasteiger partial charge in [0.2, 0.25) is 0 Å². The molecule has 1 atom stereocenters. The van der Waals surface area contributed by atoms with Crippen molar-refractivity contribution < 1.29 is 4.79 Å². The predicted molar refractivity (Wildman–Crippen MR) is 65.8 cm³/mol. The second kappa shape index (κ2) is 3.62. The number of nitrogens with zero attached hydrogens (tertiary/aromatic N) is 1. The summed E-state index contributed by atoms with van der Waals surface area (Å²) in [5, 5.41) is 0.589. The highest BCUT2D eigenvalue weighted by Gasteiger charge is 2.23. The summed E-state index contributed by atoms with van der Waals surface area (Å²) in [6, 6.07) is 3.50. The highest BCUT2D eigenvalue weighted by atomic mass is 127. The van der Waals surface area contributed by atoms with Gasteiger partial charge in [-0.15, -0.1) is 0 Å². The van der Waals surface area contributed by atoms with Crippen molar-refractivity contribution in [2.45, 2.75) is 6.92 Å². The Kier molecular flexibility index (Phi) is 2.62. The minimum Gasteiger partial charge on any atom is -0.293 e. The standard InChI is InChI=1S/C10H7ClINO/c1-5-4-13-9-7(10(5)14)2-6(11)3-8(9)12/h2-5H,1H3. The van der Waals surface area contributed by atoms with Crippen LogP contribution in [0.1, 0.15) is 17.3 Å². The van der Waals surface area contributed by atoms with E-state index in [0.29, 0.717) is 10.6 Å². The van der Waals surface area contributed by atoms with E-state index in [0.717, 1.165) is 9.26 Å². The fourth-order valence-electron chi connectivity index (χ4n) is 1.38. The lowest BCUT2D eigenvalue weighted by Gasteiger charge is -2.15. The number of fused-ring (bicyclic) bond motifs is 1. The Morgan fingerprint density at radius 3 is 2.93 bits per heavy atom. The van der Waals surface area contributed by atoms with E-state index in [1.165, 1.54) is 0 Å². The summed E-state index contributed by atoms with van der Waals surface area (Å²) in [5.74, 6) is -0.0489. The second-order valence-electron chi connectivity index (χ2n) is 3.21. The lowest BCUT2D eigenvalue weighted by molar-refractivity contribution is 0.0962. The van der Waals surface area contributed by atoms with Gasteiger partial charge in [0.15, 0.2) is 5.78 Å². The van der Waals surface area contributed by atoms with E-state index in [1.54, 1.807) is 12.3 Å². The molecular weight excluding hydrogens is 312 g/mol. The first-order chi connectivity index (χ1) is 6.59. The van der Waals surface area contributed by atoms with E-state index in [-0.39, 0.29) is 11.7 Å². The van der Waals surface area contributed by atoms with Gasteiger partial charge in [-0.05, 0) is 34.7 Å². The third kappa shape index (κ3) is 1.59. The monoisotopic (exact) mass is 319 g/mol. The average molecular weight is 320 g/mol. The lowest BCUT2D eigenvalue weighted by atomic mass is 9.96. The van der Waals surface area contributed by atoms with Gasteiger partial charge in [0.25, 0.3) is 0 Å². The van der Waals surface area contributed by atoms with E-state index in [1.807, 2.05) is 13.0 Å². The summed E-state index contributed by atoms with van der Waals surface area (Å²) in [6.07, 6.45) is 1.68. The number of carbonyl (C=O) groups excluding carboxylic acids is 1. The topological polar surface area (TPSA) is 29.4 Å². The summed E-state index contributed by atoms with van der Waals surface area (Å²) >= 11 is 8.02. The van der Waals surface area contributed by atoms with Gasteiger partial charge >= 0.3 is 0 Å². The first-order valence-corrected chi connectivity index (χ1v) is 5.62. The normalized spacial score (nSPS) is 19.6. The van der Waals surface area contributed by atoms with Crippen LogP contribution in [0.15, 0.2) is 17.1 Å². The van der Waals surface area contributed by atoms with Crippen molar-refractivity contribution >= 4 is 51.9 Å². The van der Waals surface area contributed by atoms with Crippen LogP contribution >= 0.6 is 34.2 Å². The zero-order valence-corrected chi connectivity index (χ0v) is 10.3. The Bertz CT molecular complexity index is 442. The van der Waals surface area contributed by atoms with Gasteiger partial charge in [-0.3, -0.25) is 9.79 Å². The summed E-state index contributed by atoms with van der Waals surface area (Å²) in [5.41, 5.74) is 1.38. The molecule has 1 unspecified atom stereocenters. The Labute approximate surface area is 101 Å². The Balaban J connectivity index is 2.68. The van der Waals surface area contributed by atoms with E-state index in [2.05, 4.69) is 27.6 Å². The maximum Gasteiger partial charge on any atom is 0.173 e. The van der Waals surface area contributed by atoms with Crippen molar-refractivity contribution in [1.82, 2.24) is 0 Å². The quantitative estimate of drug-likeness (QED) is 0.673. The molecular formula is C10H7ClINO. The summed E-state index contributed by atoms with van der Waals surface area (Å²) in [6.45, 7) is 1.84. The van der Waals surface area contributed by atoms with E-state index in [9.17, 15) is 4.79 Å². The first kappa shape index (κ1) is 10.1. The van der Waals surface area contributed by atoms with Gasteiger partial charge in [-0.1, -0.05) is 18.5 Å². The molecule has 1 aromatic carbocycles. The van der Waals surface area contributed by atoms with Crippen molar-refractivity contribution in [3.8, 4) is 0 Å². The fourth-order valence-corrected chi connectivity index (χ4v) is 2.55. The van der Waals surface area contributed by atoms with Crippen molar-refractivity contribution in [1.29, 1.82) is 0 Å². The van der Waals surface area contributed by atoms with E-state index in [4.69, 9.17) is 11.6 Å². The Morgan fingerprint density at radius 1 is 1.50 bits per heavy atom. The molecule has 2 nitrogen and oxygen atoms in total. The number of hydrogen-bond donors (Lipinski definition) is 0. The summed E-state index contributed by atoms with van der Waals surface area (Å²) in [7, 11) is 0. The lowest BCUT2D eigenvalue weighted by Crippen LogP contribution is -2.16. The number of aliphatic imine (C=N–C) groups is 1. The zero-order valence-electron chi connectivity index (χ0n) is 7.42. The number of rotatable bonds is 0. The third-order valence-electron chi connectivity index (χ3n) is 2.13. The molecule has 14 heavy (non-hydrogen) atoms. The molecule has 0 radical (unpaired) electrons. The van der Waals surface area contributed by atoms with Crippen molar-refractivity contribution in [3.63, 3.8) is 0 Å². The summed E-state index contributed by atoms with van der Waals surface area (Å²) in [4.78, 5) is 16.0. The number of hydrogen-bond acceptors (Lipinski definition) is 2. The van der Waals surface area contributed by atoms with Gasteiger partial charge in [0, 0.05) is 20.4 Å². The van der Waals surface area contributed by atoms with Crippen LogP contribution in [0.25, 0.3) is 0 Å². The molecule has 0 bridgehead atoms. The molecule has 0 saturated heterocycles. The molecule has 4 heteroatoms. The highest BCUT2D eigenvalue weighted by Crippen LogP contribution is 2.33. The molecule has 2 rings (SSSR count). The molecule has 0 N–H and O–H groups in total. The number of Topliss-reactive ketones (excluding diaryl/α,β-unsaturated/α-hetero) is 1. The van der Waals surface area contributed by atoms with Crippen LogP contribution in [0.3, 0.4) is 0 Å². The van der Waals surface area contributed by atoms with Crippen LogP contribution in [0.2, 0.25) is 5.02 Å². The molecule has 1 aromatic rings. The number of benzene rings is 1. The minimum absolute atomic E-state index is 0.0930. The fraction of sp³-hybridized carbons (Fsp3) is 0.200. The number of ketones is 1. The third-order valence-corrected chi connectivity index (χ3v) is 3.17. The SMILES string of the molecule is CC1C=Nc2c(I)cc(Cl)cc2C1=O. The zero-order chi connectivity index (χ0) is 10.3. The average Bonchev–Trinajstić information content (AvgIpc) is 2.12. The second-order valence-corrected chi connectivity index (χ2v) is 4.81. The van der Waals surface area contributed by atoms with Crippen LogP contribution in [0.4, 0.5) is 5.69 Å². The van der Waals surface area contributed by atoms with Crippen LogP contribution in [0.5, 0.6) is 0 Å². The van der Waals surface area contributed by atoms with Gasteiger partial charge < -0.3 is 0 Å². The number of halogens is 2. The van der Waals surface area contributed by atoms with Crippen LogP contribution < -0.4 is 0 Å². The van der Waals surface area contributed by atoms with E-state index >= 15 is 0 Å². The molecule has 0 saturated carbocycles. The predicted octanol–water partition coefficient (Wildman–Crippen LogP) is 3.48. The van der Waals surface area contributed by atoms with E-state index < -0.39 is 0 Å². The van der Waals surface area contributed by atoms with Crippen LogP contribution in [0, 0.1) is 9.49 Å². The van der Waals surface area contributed by atoms with Gasteiger partial charge in [0.05, 0.1) is 11.6 Å². The summed E-state index contributed by atoms with van der Waals surface area (Å²) < 4.78 is 0.918. The molecule has 0 aromatic heterocycles.